The topological polar surface area (TPSA) is 124 Å². The molecule has 2 N–H and O–H groups in total. The fraction of sp³-hybridized carbons (Fsp3) is 0.263. The molecule has 29 heavy (non-hydrogen) atoms. The summed E-state index contributed by atoms with van der Waals surface area (Å²) < 4.78 is 7.03. The minimum atomic E-state index is -0.339. The number of hydrogen-bond acceptors (Lipinski definition) is 8. The number of fused-ring (bicyclic) bond motifs is 1. The highest BCUT2D eigenvalue weighted by Gasteiger charge is 2.38. The van der Waals surface area contributed by atoms with Crippen LogP contribution in [-0.2, 0) is 0 Å². The van der Waals surface area contributed by atoms with E-state index in [1.54, 1.807) is 31.6 Å². The largest absolute Gasteiger partial charge is 0.445 e. The van der Waals surface area contributed by atoms with Crippen molar-refractivity contribution in [3.05, 3.63) is 48.5 Å². The highest BCUT2D eigenvalue weighted by molar-refractivity contribution is 6.14. The molecule has 0 atom stereocenters. The number of hydrogen-bond donors (Lipinski definition) is 2. The summed E-state index contributed by atoms with van der Waals surface area (Å²) >= 11 is 0. The van der Waals surface area contributed by atoms with Crippen molar-refractivity contribution in [3.63, 3.8) is 0 Å². The maximum Gasteiger partial charge on any atom is 0.259 e. The number of carbonyl (C=O) groups excluding carboxylic acids is 1. The van der Waals surface area contributed by atoms with Gasteiger partial charge in [0, 0.05) is 17.9 Å². The molecule has 146 valence electrons. The van der Waals surface area contributed by atoms with Crippen LogP contribution in [0.15, 0.2) is 41.5 Å². The van der Waals surface area contributed by atoms with E-state index in [0.717, 1.165) is 12.8 Å². The molecule has 4 aromatic rings. The molecule has 0 bridgehead atoms. The van der Waals surface area contributed by atoms with Gasteiger partial charge in [0.2, 0.25) is 11.7 Å². The highest BCUT2D eigenvalue weighted by atomic mass is 16.3. The molecule has 10 heteroatoms. The Labute approximate surface area is 165 Å². The molecule has 0 spiro atoms. The summed E-state index contributed by atoms with van der Waals surface area (Å²) in [6.45, 7) is 3.91. The maximum atomic E-state index is 12.9. The quantitative estimate of drug-likeness (QED) is 0.533. The molecule has 4 heterocycles. The fourth-order valence-corrected chi connectivity index (χ4v) is 3.01. The van der Waals surface area contributed by atoms with Crippen molar-refractivity contribution >= 4 is 28.5 Å². The monoisotopic (exact) mass is 390 g/mol. The lowest BCUT2D eigenvalue weighted by molar-refractivity contribution is 0.102. The lowest BCUT2D eigenvalue weighted by Crippen LogP contribution is -2.18. The summed E-state index contributed by atoms with van der Waals surface area (Å²) in [5.74, 6) is 1.26. The van der Waals surface area contributed by atoms with Gasteiger partial charge in [0.25, 0.3) is 5.91 Å². The number of rotatable bonds is 5. The van der Waals surface area contributed by atoms with Gasteiger partial charge < -0.3 is 15.1 Å². The summed E-state index contributed by atoms with van der Waals surface area (Å²) in [7, 11) is 0. The van der Waals surface area contributed by atoms with Crippen LogP contribution >= 0.6 is 0 Å². The predicted molar refractivity (Wildman–Crippen MR) is 105 cm³/mol. The van der Waals surface area contributed by atoms with Gasteiger partial charge in [-0.2, -0.15) is 10.1 Å². The first-order valence-corrected chi connectivity index (χ1v) is 9.18. The standard InChI is InChI=1S/C19H18N8O2/c1-11-23-15(26-19(2)4-5-19)14-13(10-29-17(14)24-11)16(28)25-12-8-22-27(9-12)18-20-6-3-7-21-18/h3,6-10H,4-5H2,1-2H3,(H,25,28)(H,23,24,26). The van der Waals surface area contributed by atoms with Crippen molar-refractivity contribution in [1.82, 2.24) is 29.7 Å². The predicted octanol–water partition coefficient (Wildman–Crippen LogP) is 2.72. The van der Waals surface area contributed by atoms with Crippen LogP contribution in [0.2, 0.25) is 0 Å². The Hall–Kier alpha value is -3.82. The van der Waals surface area contributed by atoms with Crippen LogP contribution in [0, 0.1) is 6.92 Å². The molecule has 0 saturated heterocycles. The van der Waals surface area contributed by atoms with Crippen molar-refractivity contribution in [2.75, 3.05) is 10.6 Å². The van der Waals surface area contributed by atoms with E-state index >= 15 is 0 Å². The summed E-state index contributed by atoms with van der Waals surface area (Å²) in [5, 5.41) is 11.0. The Kier molecular flexibility index (Phi) is 3.79. The average Bonchev–Trinajstić information content (AvgIpc) is 3.09. The third-order valence-corrected chi connectivity index (χ3v) is 4.81. The molecule has 4 aromatic heterocycles. The van der Waals surface area contributed by atoms with Gasteiger partial charge in [0.15, 0.2) is 0 Å². The van der Waals surface area contributed by atoms with E-state index in [9.17, 15) is 4.79 Å². The number of nitrogens with one attached hydrogen (secondary N) is 2. The third-order valence-electron chi connectivity index (χ3n) is 4.81. The Morgan fingerprint density at radius 1 is 1.24 bits per heavy atom. The zero-order valence-electron chi connectivity index (χ0n) is 15.9. The van der Waals surface area contributed by atoms with Crippen molar-refractivity contribution in [2.45, 2.75) is 32.2 Å². The molecule has 0 radical (unpaired) electrons. The lowest BCUT2D eigenvalue weighted by Gasteiger charge is -2.13. The Morgan fingerprint density at radius 2 is 2.03 bits per heavy atom. The van der Waals surface area contributed by atoms with E-state index in [1.807, 2.05) is 0 Å². The molecule has 0 aliphatic heterocycles. The van der Waals surface area contributed by atoms with Crippen molar-refractivity contribution in [2.24, 2.45) is 0 Å². The molecule has 0 aromatic carbocycles. The molecular weight excluding hydrogens is 372 g/mol. The van der Waals surface area contributed by atoms with Crippen molar-refractivity contribution in [1.29, 1.82) is 0 Å². The van der Waals surface area contributed by atoms with Crippen molar-refractivity contribution < 1.29 is 9.21 Å². The number of aromatic nitrogens is 6. The third kappa shape index (κ3) is 3.28. The Bertz CT molecular complexity index is 1210. The van der Waals surface area contributed by atoms with E-state index in [2.05, 4.69) is 42.6 Å². The molecule has 1 amide bonds. The number of anilines is 2. The van der Waals surface area contributed by atoms with Gasteiger partial charge >= 0.3 is 0 Å². The molecule has 10 nitrogen and oxygen atoms in total. The second-order valence-corrected chi connectivity index (χ2v) is 7.31. The Balaban J connectivity index is 1.45. The summed E-state index contributed by atoms with van der Waals surface area (Å²) in [6, 6.07) is 1.72. The molecule has 1 aliphatic rings. The van der Waals surface area contributed by atoms with Crippen molar-refractivity contribution in [3.8, 4) is 5.95 Å². The van der Waals surface area contributed by atoms with Gasteiger partial charge in [-0.05, 0) is 32.8 Å². The van der Waals surface area contributed by atoms with Gasteiger partial charge in [-0.1, -0.05) is 0 Å². The Morgan fingerprint density at radius 3 is 2.79 bits per heavy atom. The SMILES string of the molecule is Cc1nc(NC2(C)CC2)c2c(C(=O)Nc3cnn(-c4ncccn4)c3)coc2n1. The molecular formula is C19H18N8O2. The first kappa shape index (κ1) is 17.3. The minimum absolute atomic E-state index is 0.00440. The molecule has 5 rings (SSSR count). The first-order valence-electron chi connectivity index (χ1n) is 9.18. The zero-order chi connectivity index (χ0) is 20.0. The van der Waals surface area contributed by atoms with Gasteiger partial charge in [-0.3, -0.25) is 4.79 Å². The summed E-state index contributed by atoms with van der Waals surface area (Å²) in [5.41, 5.74) is 1.24. The number of carbonyl (C=O) groups is 1. The first-order chi connectivity index (χ1) is 14.0. The normalized spacial score (nSPS) is 14.7. The average molecular weight is 390 g/mol. The number of aryl methyl sites for hydroxylation is 1. The summed E-state index contributed by atoms with van der Waals surface area (Å²) in [4.78, 5) is 30.0. The van der Waals surface area contributed by atoms with Gasteiger partial charge in [-0.15, -0.1) is 0 Å². The maximum absolute atomic E-state index is 12.9. The minimum Gasteiger partial charge on any atom is -0.445 e. The highest BCUT2D eigenvalue weighted by Crippen LogP contribution is 2.40. The molecule has 1 aliphatic carbocycles. The fourth-order valence-electron chi connectivity index (χ4n) is 3.01. The van der Waals surface area contributed by atoms with Gasteiger partial charge in [0.05, 0.1) is 29.0 Å². The molecule has 1 fully saturated rings. The second kappa shape index (κ2) is 6.36. The number of nitrogens with zero attached hydrogens (tertiary/aromatic N) is 6. The molecule has 1 saturated carbocycles. The summed E-state index contributed by atoms with van der Waals surface area (Å²) in [6.07, 6.45) is 9.92. The molecule has 0 unspecified atom stereocenters. The van der Waals surface area contributed by atoms with Crippen LogP contribution in [0.1, 0.15) is 35.9 Å². The van der Waals surface area contributed by atoms with E-state index in [4.69, 9.17) is 4.42 Å². The van der Waals surface area contributed by atoms with Crippen LogP contribution < -0.4 is 10.6 Å². The smallest absolute Gasteiger partial charge is 0.259 e. The van der Waals surface area contributed by atoms with Gasteiger partial charge in [-0.25, -0.2) is 19.6 Å². The second-order valence-electron chi connectivity index (χ2n) is 7.31. The van der Waals surface area contributed by atoms with E-state index in [0.29, 0.717) is 39.9 Å². The van der Waals surface area contributed by atoms with Crippen LogP contribution in [0.3, 0.4) is 0 Å². The van der Waals surface area contributed by atoms with E-state index in [-0.39, 0.29) is 11.4 Å². The van der Waals surface area contributed by atoms with Crippen LogP contribution in [0.4, 0.5) is 11.5 Å². The van der Waals surface area contributed by atoms with E-state index in [1.165, 1.54) is 17.1 Å². The number of amides is 1. The van der Waals surface area contributed by atoms with Crippen LogP contribution in [-0.4, -0.2) is 41.2 Å². The van der Waals surface area contributed by atoms with Gasteiger partial charge in [0.1, 0.15) is 17.9 Å². The van der Waals surface area contributed by atoms with Crippen LogP contribution in [0.25, 0.3) is 17.0 Å². The zero-order valence-corrected chi connectivity index (χ0v) is 15.9. The lowest BCUT2D eigenvalue weighted by atomic mass is 10.2. The number of furan rings is 1. The van der Waals surface area contributed by atoms with Crippen LogP contribution in [0.5, 0.6) is 0 Å². The van der Waals surface area contributed by atoms with E-state index < -0.39 is 0 Å².